The maximum atomic E-state index is 12.8. The number of ether oxygens (including phenoxy) is 2. The van der Waals surface area contributed by atoms with Crippen LogP contribution in [0, 0.1) is 0 Å². The Kier molecular flexibility index (Phi) is 6.99. The standard InChI is InChI=1S/C23H18F3NO5/c24-23(25,26)32-18-10-8-17(9-11-18)22(30)20-7-3-13-27(20)12-2-5-16-4-1-6-19(14-16)31-15-21(28)29/h1-11,13-14H,12,15H2,(H,28,29). The lowest BCUT2D eigenvalue weighted by Gasteiger charge is -2.10. The normalized spacial score (nSPS) is 11.5. The van der Waals surface area contributed by atoms with Crippen LogP contribution in [0.3, 0.4) is 0 Å². The Balaban J connectivity index is 1.66. The molecule has 0 amide bonds. The van der Waals surface area contributed by atoms with Crippen LogP contribution in [0.5, 0.6) is 11.5 Å². The Morgan fingerprint density at radius 1 is 1.00 bits per heavy atom. The largest absolute Gasteiger partial charge is 0.573 e. The molecule has 1 heterocycles. The molecular weight excluding hydrogens is 427 g/mol. The number of benzene rings is 2. The number of carboxylic acids is 1. The number of ketones is 1. The van der Waals surface area contributed by atoms with Crippen molar-refractivity contribution in [2.75, 3.05) is 6.61 Å². The third-order valence-electron chi connectivity index (χ3n) is 4.25. The van der Waals surface area contributed by atoms with E-state index in [1.54, 1.807) is 47.2 Å². The summed E-state index contributed by atoms with van der Waals surface area (Å²) in [5.41, 5.74) is 1.39. The molecule has 1 N–H and O–H groups in total. The number of carboxylic acid groups (broad SMARTS) is 1. The second-order valence-corrected chi connectivity index (χ2v) is 6.60. The minimum absolute atomic E-state index is 0.228. The van der Waals surface area contributed by atoms with Gasteiger partial charge < -0.3 is 19.1 Å². The molecule has 0 bridgehead atoms. The second-order valence-electron chi connectivity index (χ2n) is 6.60. The lowest BCUT2D eigenvalue weighted by molar-refractivity contribution is -0.274. The zero-order valence-corrected chi connectivity index (χ0v) is 16.6. The lowest BCUT2D eigenvalue weighted by atomic mass is 10.1. The number of hydrogen-bond acceptors (Lipinski definition) is 4. The van der Waals surface area contributed by atoms with Gasteiger partial charge in [-0.25, -0.2) is 4.79 Å². The number of allylic oxidation sites excluding steroid dienone is 1. The van der Waals surface area contributed by atoms with E-state index in [2.05, 4.69) is 4.74 Å². The first-order chi connectivity index (χ1) is 15.2. The van der Waals surface area contributed by atoms with E-state index in [9.17, 15) is 22.8 Å². The highest BCUT2D eigenvalue weighted by Crippen LogP contribution is 2.23. The molecule has 0 spiro atoms. The first kappa shape index (κ1) is 22.7. The van der Waals surface area contributed by atoms with Crippen molar-refractivity contribution in [2.45, 2.75) is 12.9 Å². The van der Waals surface area contributed by atoms with Crippen molar-refractivity contribution >= 4 is 17.8 Å². The number of nitrogens with zero attached hydrogens (tertiary/aromatic N) is 1. The molecular formula is C23H18F3NO5. The Hall–Kier alpha value is -4.01. The van der Waals surface area contributed by atoms with Crippen molar-refractivity contribution in [3.05, 3.63) is 89.8 Å². The Morgan fingerprint density at radius 2 is 1.75 bits per heavy atom. The van der Waals surface area contributed by atoms with Gasteiger partial charge in [0.25, 0.3) is 0 Å². The number of rotatable bonds is 9. The molecule has 32 heavy (non-hydrogen) atoms. The van der Waals surface area contributed by atoms with Gasteiger partial charge in [-0.05, 0) is 54.1 Å². The van der Waals surface area contributed by atoms with Crippen molar-refractivity contribution in [2.24, 2.45) is 0 Å². The smallest absolute Gasteiger partial charge is 0.482 e. The van der Waals surface area contributed by atoms with Gasteiger partial charge in [-0.1, -0.05) is 24.3 Å². The van der Waals surface area contributed by atoms with Gasteiger partial charge in [0.05, 0.1) is 5.69 Å². The van der Waals surface area contributed by atoms with Gasteiger partial charge in [0.1, 0.15) is 11.5 Å². The van der Waals surface area contributed by atoms with Crippen molar-refractivity contribution in [1.29, 1.82) is 0 Å². The van der Waals surface area contributed by atoms with Crippen LogP contribution in [0.1, 0.15) is 21.6 Å². The van der Waals surface area contributed by atoms with Crippen LogP contribution >= 0.6 is 0 Å². The summed E-state index contributed by atoms with van der Waals surface area (Å²) >= 11 is 0. The minimum Gasteiger partial charge on any atom is -0.482 e. The molecule has 3 aromatic rings. The zero-order valence-electron chi connectivity index (χ0n) is 16.6. The molecule has 0 radical (unpaired) electrons. The number of aromatic nitrogens is 1. The van der Waals surface area contributed by atoms with Gasteiger partial charge in [0.2, 0.25) is 5.78 Å². The molecule has 0 saturated carbocycles. The van der Waals surface area contributed by atoms with Crippen LogP contribution in [-0.4, -0.2) is 34.4 Å². The van der Waals surface area contributed by atoms with E-state index in [1.807, 2.05) is 12.1 Å². The van der Waals surface area contributed by atoms with Gasteiger partial charge in [-0.15, -0.1) is 13.2 Å². The van der Waals surface area contributed by atoms with Gasteiger partial charge in [-0.3, -0.25) is 4.79 Å². The molecule has 0 atom stereocenters. The number of carbonyl (C=O) groups is 2. The number of carbonyl (C=O) groups excluding carboxylic acids is 1. The van der Waals surface area contributed by atoms with Crippen LogP contribution in [0.15, 0.2) is 72.9 Å². The summed E-state index contributed by atoms with van der Waals surface area (Å²) < 4.78 is 47.5. The molecule has 1 aromatic heterocycles. The summed E-state index contributed by atoms with van der Waals surface area (Å²) in [6, 6.07) is 14.9. The van der Waals surface area contributed by atoms with E-state index in [0.717, 1.165) is 17.7 Å². The lowest BCUT2D eigenvalue weighted by Crippen LogP contribution is -2.17. The fourth-order valence-electron chi connectivity index (χ4n) is 2.89. The Bertz CT molecular complexity index is 1120. The monoisotopic (exact) mass is 445 g/mol. The van der Waals surface area contributed by atoms with Crippen LogP contribution in [0.4, 0.5) is 13.2 Å². The van der Waals surface area contributed by atoms with E-state index in [4.69, 9.17) is 9.84 Å². The van der Waals surface area contributed by atoms with E-state index < -0.39 is 24.7 Å². The van der Waals surface area contributed by atoms with Gasteiger partial charge in [0.15, 0.2) is 6.61 Å². The van der Waals surface area contributed by atoms with Crippen LogP contribution in [0.2, 0.25) is 0 Å². The van der Waals surface area contributed by atoms with Crippen LogP contribution in [0.25, 0.3) is 6.08 Å². The molecule has 0 saturated heterocycles. The minimum atomic E-state index is -4.80. The van der Waals surface area contributed by atoms with Gasteiger partial charge in [0, 0.05) is 18.3 Å². The summed E-state index contributed by atoms with van der Waals surface area (Å²) in [6.07, 6.45) is 0.526. The molecule has 166 valence electrons. The van der Waals surface area contributed by atoms with Crippen molar-refractivity contribution in [1.82, 2.24) is 4.57 Å². The van der Waals surface area contributed by atoms with Crippen molar-refractivity contribution in [3.8, 4) is 11.5 Å². The molecule has 6 nitrogen and oxygen atoms in total. The summed E-state index contributed by atoms with van der Waals surface area (Å²) in [6.45, 7) is -0.0745. The number of halogens is 3. The molecule has 2 aromatic carbocycles. The molecule has 3 rings (SSSR count). The predicted octanol–water partition coefficient (Wildman–Crippen LogP) is 4.79. The van der Waals surface area contributed by atoms with Gasteiger partial charge >= 0.3 is 12.3 Å². The highest BCUT2D eigenvalue weighted by molar-refractivity contribution is 6.08. The first-order valence-corrected chi connectivity index (χ1v) is 9.38. The van der Waals surface area contributed by atoms with Crippen molar-refractivity contribution in [3.63, 3.8) is 0 Å². The molecule has 0 fully saturated rings. The maximum absolute atomic E-state index is 12.8. The fourth-order valence-corrected chi connectivity index (χ4v) is 2.89. The third kappa shape index (κ3) is 6.49. The summed E-state index contributed by atoms with van der Waals surface area (Å²) in [7, 11) is 0. The summed E-state index contributed by atoms with van der Waals surface area (Å²) in [5, 5.41) is 8.68. The average molecular weight is 445 g/mol. The zero-order chi connectivity index (χ0) is 23.1. The summed E-state index contributed by atoms with van der Waals surface area (Å²) in [5.74, 6) is -1.39. The molecule has 0 aliphatic rings. The quantitative estimate of drug-likeness (QED) is 0.479. The van der Waals surface area contributed by atoms with Crippen LogP contribution in [-0.2, 0) is 11.3 Å². The number of hydrogen-bond donors (Lipinski definition) is 1. The predicted molar refractivity (Wildman–Crippen MR) is 110 cm³/mol. The third-order valence-corrected chi connectivity index (χ3v) is 4.25. The van der Waals surface area contributed by atoms with E-state index in [-0.39, 0.29) is 11.3 Å². The topological polar surface area (TPSA) is 77.8 Å². The molecule has 0 unspecified atom stereocenters. The van der Waals surface area contributed by atoms with Crippen molar-refractivity contribution < 1.29 is 37.3 Å². The van der Waals surface area contributed by atoms with Gasteiger partial charge in [-0.2, -0.15) is 0 Å². The molecule has 0 aliphatic heterocycles. The van der Waals surface area contributed by atoms with E-state index in [0.29, 0.717) is 18.0 Å². The van der Waals surface area contributed by atoms with E-state index in [1.165, 1.54) is 12.1 Å². The van der Waals surface area contributed by atoms with Crippen LogP contribution < -0.4 is 9.47 Å². The molecule has 0 aliphatic carbocycles. The van der Waals surface area contributed by atoms with E-state index >= 15 is 0 Å². The Labute approximate surface area is 181 Å². The number of aliphatic carboxylic acids is 1. The first-order valence-electron chi connectivity index (χ1n) is 9.38. The Morgan fingerprint density at radius 3 is 2.44 bits per heavy atom. The summed E-state index contributed by atoms with van der Waals surface area (Å²) in [4.78, 5) is 23.4. The molecule has 9 heteroatoms. The fraction of sp³-hybridized carbons (Fsp3) is 0.130. The second kappa shape index (κ2) is 9.86. The maximum Gasteiger partial charge on any atom is 0.573 e. The highest BCUT2D eigenvalue weighted by atomic mass is 19.4. The highest BCUT2D eigenvalue weighted by Gasteiger charge is 2.31. The SMILES string of the molecule is O=C(O)COc1cccc(C=CCn2cccc2C(=O)c2ccc(OC(F)(F)F)cc2)c1. The number of alkyl halides is 3. The average Bonchev–Trinajstić information content (AvgIpc) is 3.20.